The van der Waals surface area contributed by atoms with Crippen LogP contribution < -0.4 is 0 Å². The highest BCUT2D eigenvalue weighted by atomic mass is 19.1. The predicted octanol–water partition coefficient (Wildman–Crippen LogP) is 8.56. The molecular formula is C24H33F3. The average Bonchev–Trinajstić information content (AvgIpc) is 2.75. The van der Waals surface area contributed by atoms with E-state index in [1.165, 1.54) is 36.4 Å². The average molecular weight is 379 g/mol. The van der Waals surface area contributed by atoms with Crippen LogP contribution in [0.1, 0.15) is 41.5 Å². The summed E-state index contributed by atoms with van der Waals surface area (Å²) in [4.78, 5) is 0. The minimum absolute atomic E-state index is 0.178. The first-order chi connectivity index (χ1) is 13.2. The normalized spacial score (nSPS) is 7.44. The van der Waals surface area contributed by atoms with Gasteiger partial charge in [-0.05, 0) is 36.4 Å². The molecule has 0 saturated heterocycles. The standard InChI is InChI=1S/3C6H5F.3C2H6/c3*7-6-4-2-1-3-5-6;3*1-2/h3*1-5H;3*1-2H3. The molecule has 3 aromatic carbocycles. The van der Waals surface area contributed by atoms with Gasteiger partial charge in [0.2, 0.25) is 0 Å². The molecule has 150 valence electrons. The lowest BCUT2D eigenvalue weighted by Crippen LogP contribution is -1.63. The van der Waals surface area contributed by atoms with Crippen LogP contribution in [0.25, 0.3) is 0 Å². The summed E-state index contributed by atoms with van der Waals surface area (Å²) in [6.07, 6.45) is 0. The molecule has 0 spiro atoms. The number of hydrogen-bond acceptors (Lipinski definition) is 0. The van der Waals surface area contributed by atoms with Crippen molar-refractivity contribution in [1.82, 2.24) is 0 Å². The van der Waals surface area contributed by atoms with Gasteiger partial charge >= 0.3 is 0 Å². The summed E-state index contributed by atoms with van der Waals surface area (Å²) in [5, 5.41) is 0. The van der Waals surface area contributed by atoms with Crippen LogP contribution in [0.4, 0.5) is 13.2 Å². The van der Waals surface area contributed by atoms with E-state index in [0.29, 0.717) is 0 Å². The molecule has 0 heterocycles. The fraction of sp³-hybridized carbons (Fsp3) is 0.250. The molecule has 0 fully saturated rings. The van der Waals surface area contributed by atoms with Gasteiger partial charge < -0.3 is 0 Å². The smallest absolute Gasteiger partial charge is 0.123 e. The summed E-state index contributed by atoms with van der Waals surface area (Å²) in [5.41, 5.74) is 0. The highest BCUT2D eigenvalue weighted by Crippen LogP contribution is 1.93. The lowest BCUT2D eigenvalue weighted by atomic mass is 10.4. The SMILES string of the molecule is CC.CC.CC.Fc1ccccc1.Fc1ccccc1.Fc1ccccc1. The predicted molar refractivity (Wildman–Crippen MR) is 113 cm³/mol. The first kappa shape index (κ1) is 29.2. The van der Waals surface area contributed by atoms with Gasteiger partial charge in [-0.2, -0.15) is 0 Å². The Morgan fingerprint density at radius 1 is 0.333 bits per heavy atom. The Kier molecular flexibility index (Phi) is 27.8. The van der Waals surface area contributed by atoms with Crippen LogP contribution in [-0.4, -0.2) is 0 Å². The van der Waals surface area contributed by atoms with Crippen molar-refractivity contribution in [1.29, 1.82) is 0 Å². The van der Waals surface area contributed by atoms with Gasteiger partial charge in [0.15, 0.2) is 0 Å². The number of benzene rings is 3. The van der Waals surface area contributed by atoms with Gasteiger partial charge in [0, 0.05) is 0 Å². The molecule has 3 aromatic rings. The van der Waals surface area contributed by atoms with Gasteiger partial charge in [-0.1, -0.05) is 96.1 Å². The summed E-state index contributed by atoms with van der Waals surface area (Å²) in [7, 11) is 0. The molecule has 0 aliphatic rings. The van der Waals surface area contributed by atoms with Crippen molar-refractivity contribution >= 4 is 0 Å². The first-order valence-electron chi connectivity index (χ1n) is 9.30. The van der Waals surface area contributed by atoms with E-state index >= 15 is 0 Å². The second kappa shape index (κ2) is 25.7. The van der Waals surface area contributed by atoms with Crippen LogP contribution in [0.5, 0.6) is 0 Å². The van der Waals surface area contributed by atoms with Crippen molar-refractivity contribution in [2.24, 2.45) is 0 Å². The van der Waals surface area contributed by atoms with Crippen molar-refractivity contribution in [3.8, 4) is 0 Å². The molecule has 0 aromatic heterocycles. The highest BCUT2D eigenvalue weighted by molar-refractivity contribution is 5.03. The van der Waals surface area contributed by atoms with E-state index in [4.69, 9.17) is 0 Å². The monoisotopic (exact) mass is 378 g/mol. The fourth-order valence-electron chi connectivity index (χ4n) is 1.24. The molecule has 3 heteroatoms. The van der Waals surface area contributed by atoms with E-state index in [0.717, 1.165) is 0 Å². The summed E-state index contributed by atoms with van der Waals surface area (Å²) >= 11 is 0. The third kappa shape index (κ3) is 23.4. The van der Waals surface area contributed by atoms with E-state index in [2.05, 4.69) is 0 Å². The Hall–Kier alpha value is -2.55. The summed E-state index contributed by atoms with van der Waals surface area (Å²) in [6, 6.07) is 23.8. The molecule has 3 rings (SSSR count). The quantitative estimate of drug-likeness (QED) is 0.367. The number of hydrogen-bond donors (Lipinski definition) is 0. The number of rotatable bonds is 0. The van der Waals surface area contributed by atoms with Gasteiger partial charge in [-0.3, -0.25) is 0 Å². The van der Waals surface area contributed by atoms with Crippen molar-refractivity contribution in [2.75, 3.05) is 0 Å². The molecule has 0 aliphatic heterocycles. The van der Waals surface area contributed by atoms with Crippen LogP contribution in [0, 0.1) is 17.5 Å². The van der Waals surface area contributed by atoms with Gasteiger partial charge in [0.25, 0.3) is 0 Å². The number of halogens is 3. The Morgan fingerprint density at radius 3 is 0.556 bits per heavy atom. The third-order valence-electron chi connectivity index (χ3n) is 2.20. The van der Waals surface area contributed by atoms with E-state index in [1.54, 1.807) is 54.6 Å². The van der Waals surface area contributed by atoms with Gasteiger partial charge in [0.05, 0.1) is 0 Å². The van der Waals surface area contributed by atoms with Crippen molar-refractivity contribution in [3.05, 3.63) is 108 Å². The van der Waals surface area contributed by atoms with Crippen molar-refractivity contribution in [3.63, 3.8) is 0 Å². The van der Waals surface area contributed by atoms with E-state index in [9.17, 15) is 13.2 Å². The zero-order valence-corrected chi connectivity index (χ0v) is 17.3. The topological polar surface area (TPSA) is 0 Å². The second-order valence-corrected chi connectivity index (χ2v) is 3.89. The Bertz CT molecular complexity index is 493. The lowest BCUT2D eigenvalue weighted by Gasteiger charge is -1.78. The molecule has 0 saturated carbocycles. The van der Waals surface area contributed by atoms with E-state index in [1.807, 2.05) is 41.5 Å². The molecule has 0 unspecified atom stereocenters. The maximum absolute atomic E-state index is 11.9. The lowest BCUT2D eigenvalue weighted by molar-refractivity contribution is 0.627. The molecular weight excluding hydrogens is 345 g/mol. The maximum Gasteiger partial charge on any atom is 0.123 e. The molecule has 0 amide bonds. The highest BCUT2D eigenvalue weighted by Gasteiger charge is 1.78. The molecule has 0 aliphatic carbocycles. The van der Waals surface area contributed by atoms with E-state index in [-0.39, 0.29) is 17.5 Å². The third-order valence-corrected chi connectivity index (χ3v) is 2.20. The molecule has 27 heavy (non-hydrogen) atoms. The van der Waals surface area contributed by atoms with Crippen LogP contribution in [0.2, 0.25) is 0 Å². The Morgan fingerprint density at radius 2 is 0.481 bits per heavy atom. The van der Waals surface area contributed by atoms with Gasteiger partial charge in [0.1, 0.15) is 17.5 Å². The summed E-state index contributed by atoms with van der Waals surface area (Å²) in [5.74, 6) is -0.535. The zero-order valence-electron chi connectivity index (χ0n) is 17.3. The Labute approximate surface area is 163 Å². The summed E-state index contributed by atoms with van der Waals surface area (Å²) < 4.78 is 35.7. The zero-order chi connectivity index (χ0) is 21.3. The van der Waals surface area contributed by atoms with Gasteiger partial charge in [-0.15, -0.1) is 0 Å². The Balaban J connectivity index is -0.000000281. The van der Waals surface area contributed by atoms with Gasteiger partial charge in [-0.25, -0.2) is 13.2 Å². The van der Waals surface area contributed by atoms with Crippen LogP contribution in [-0.2, 0) is 0 Å². The summed E-state index contributed by atoms with van der Waals surface area (Å²) in [6.45, 7) is 12.0. The molecule has 0 radical (unpaired) electrons. The van der Waals surface area contributed by atoms with Crippen LogP contribution in [0.15, 0.2) is 91.0 Å². The van der Waals surface area contributed by atoms with Crippen LogP contribution >= 0.6 is 0 Å². The molecule has 0 N–H and O–H groups in total. The van der Waals surface area contributed by atoms with E-state index < -0.39 is 0 Å². The van der Waals surface area contributed by atoms with Crippen LogP contribution in [0.3, 0.4) is 0 Å². The molecule has 0 nitrogen and oxygen atoms in total. The second-order valence-electron chi connectivity index (χ2n) is 3.89. The minimum atomic E-state index is -0.178. The maximum atomic E-state index is 11.9. The van der Waals surface area contributed by atoms with Crippen molar-refractivity contribution < 1.29 is 13.2 Å². The molecule has 0 bridgehead atoms. The minimum Gasteiger partial charge on any atom is -0.207 e. The largest absolute Gasteiger partial charge is 0.207 e. The first-order valence-corrected chi connectivity index (χ1v) is 9.30. The fourth-order valence-corrected chi connectivity index (χ4v) is 1.24. The van der Waals surface area contributed by atoms with Crippen molar-refractivity contribution in [2.45, 2.75) is 41.5 Å². The molecule has 0 atom stereocenters.